The maximum atomic E-state index is 5.01. The van der Waals surface area contributed by atoms with Gasteiger partial charge in [0.25, 0.3) is 0 Å². The van der Waals surface area contributed by atoms with Crippen molar-refractivity contribution >= 4 is 11.3 Å². The summed E-state index contributed by atoms with van der Waals surface area (Å²) in [5.41, 5.74) is 1.59. The van der Waals surface area contributed by atoms with Crippen molar-refractivity contribution in [3.8, 4) is 0 Å². The molecule has 0 amide bonds. The molecule has 1 heterocycles. The number of thiazole rings is 1. The molecule has 0 spiro atoms. The van der Waals surface area contributed by atoms with Crippen LogP contribution < -0.4 is 5.32 Å². The van der Waals surface area contributed by atoms with E-state index >= 15 is 0 Å². The number of rotatable bonds is 3. The maximum absolute atomic E-state index is 5.01. The van der Waals surface area contributed by atoms with Gasteiger partial charge in [0.05, 0.1) is 11.2 Å². The predicted molar refractivity (Wildman–Crippen MR) is 77.1 cm³/mol. The van der Waals surface area contributed by atoms with Crippen LogP contribution >= 0.6 is 11.3 Å². The van der Waals surface area contributed by atoms with Crippen LogP contribution in [-0.4, -0.2) is 11.5 Å². The van der Waals surface area contributed by atoms with Crippen LogP contribution in [0.2, 0.25) is 0 Å². The first kappa shape index (κ1) is 12.6. The van der Waals surface area contributed by atoms with Crippen molar-refractivity contribution in [2.24, 2.45) is 5.92 Å². The minimum absolute atomic E-state index is 0.183. The van der Waals surface area contributed by atoms with Crippen LogP contribution in [0, 0.1) is 5.92 Å². The van der Waals surface area contributed by atoms with E-state index in [0.29, 0.717) is 0 Å². The van der Waals surface area contributed by atoms with Crippen LogP contribution in [0.1, 0.15) is 61.5 Å². The third kappa shape index (κ3) is 1.92. The second-order valence-corrected chi connectivity index (χ2v) is 6.97. The Hall–Kier alpha value is -0.410. The maximum Gasteiger partial charge on any atom is 0.114 e. The van der Waals surface area contributed by atoms with Crippen molar-refractivity contribution in [2.45, 2.75) is 64.3 Å². The van der Waals surface area contributed by atoms with Crippen molar-refractivity contribution in [2.75, 3.05) is 6.54 Å². The van der Waals surface area contributed by atoms with Gasteiger partial charge in [-0.3, -0.25) is 0 Å². The molecule has 0 bridgehead atoms. The summed E-state index contributed by atoms with van der Waals surface area (Å²) in [6, 6.07) is 0. The molecule has 2 nitrogen and oxygen atoms in total. The molecule has 3 heteroatoms. The summed E-state index contributed by atoms with van der Waals surface area (Å²) in [5.74, 6) is 0.720. The third-order valence-corrected chi connectivity index (χ3v) is 6.10. The van der Waals surface area contributed by atoms with Crippen molar-refractivity contribution in [3.63, 3.8) is 0 Å². The summed E-state index contributed by atoms with van der Waals surface area (Å²) in [5, 5.41) is 5.19. The number of aryl methyl sites for hydroxylation is 2. The van der Waals surface area contributed by atoms with E-state index in [2.05, 4.69) is 19.2 Å². The molecule has 1 fully saturated rings. The molecule has 0 aliphatic heterocycles. The Morgan fingerprint density at radius 3 is 2.94 bits per heavy atom. The molecule has 0 aromatic carbocycles. The number of aromatic nitrogens is 1. The lowest BCUT2D eigenvalue weighted by molar-refractivity contribution is 0.156. The standard InChI is InChI=1S/C15H24N2S/c1-3-16-15(10-5-4-7-11(15)2)14-17-12-8-6-9-13(12)18-14/h11,16H,3-10H2,1-2H3. The molecule has 1 aromatic rings. The highest BCUT2D eigenvalue weighted by Crippen LogP contribution is 2.44. The van der Waals surface area contributed by atoms with Crippen LogP contribution in [-0.2, 0) is 18.4 Å². The first-order chi connectivity index (χ1) is 8.76. The predicted octanol–water partition coefficient (Wildman–Crippen LogP) is 3.65. The molecule has 2 unspecified atom stereocenters. The topological polar surface area (TPSA) is 24.9 Å². The van der Waals surface area contributed by atoms with Gasteiger partial charge in [0.2, 0.25) is 0 Å². The van der Waals surface area contributed by atoms with Crippen LogP contribution in [0.5, 0.6) is 0 Å². The van der Waals surface area contributed by atoms with Gasteiger partial charge in [-0.1, -0.05) is 26.7 Å². The molecule has 2 aliphatic rings. The van der Waals surface area contributed by atoms with Crippen molar-refractivity contribution in [3.05, 3.63) is 15.6 Å². The summed E-state index contributed by atoms with van der Waals surface area (Å²) in [4.78, 5) is 6.58. The molecule has 18 heavy (non-hydrogen) atoms. The minimum Gasteiger partial charge on any atom is -0.305 e. The Labute approximate surface area is 114 Å². The van der Waals surface area contributed by atoms with E-state index in [1.807, 2.05) is 11.3 Å². The Morgan fingerprint density at radius 1 is 1.33 bits per heavy atom. The zero-order valence-corrected chi connectivity index (χ0v) is 12.4. The fourth-order valence-electron chi connectivity index (χ4n) is 3.70. The lowest BCUT2D eigenvalue weighted by atomic mass is 9.74. The van der Waals surface area contributed by atoms with Crippen LogP contribution in [0.15, 0.2) is 0 Å². The Bertz CT molecular complexity index is 401. The summed E-state index contributed by atoms with van der Waals surface area (Å²) in [6.45, 7) is 5.69. The summed E-state index contributed by atoms with van der Waals surface area (Å²) >= 11 is 2.00. The van der Waals surface area contributed by atoms with Gasteiger partial charge < -0.3 is 5.32 Å². The van der Waals surface area contributed by atoms with Crippen molar-refractivity contribution in [1.82, 2.24) is 10.3 Å². The number of fused-ring (bicyclic) bond motifs is 1. The monoisotopic (exact) mass is 264 g/mol. The third-order valence-electron chi connectivity index (χ3n) is 4.77. The van der Waals surface area contributed by atoms with E-state index in [1.54, 1.807) is 4.88 Å². The Morgan fingerprint density at radius 2 is 2.22 bits per heavy atom. The SMILES string of the molecule is CCNC1(c2nc3c(s2)CCC3)CCCCC1C. The average Bonchev–Trinajstić information content (AvgIpc) is 2.93. The number of nitrogens with zero attached hydrogens (tertiary/aromatic N) is 1. The quantitative estimate of drug-likeness (QED) is 0.901. The molecule has 1 saturated carbocycles. The van der Waals surface area contributed by atoms with Crippen LogP contribution in [0.3, 0.4) is 0 Å². The average molecular weight is 264 g/mol. The van der Waals surface area contributed by atoms with E-state index in [1.165, 1.54) is 55.6 Å². The van der Waals surface area contributed by atoms with Gasteiger partial charge in [-0.2, -0.15) is 0 Å². The minimum atomic E-state index is 0.183. The number of hydrogen-bond donors (Lipinski definition) is 1. The zero-order chi connectivity index (χ0) is 12.6. The largest absolute Gasteiger partial charge is 0.305 e. The smallest absolute Gasteiger partial charge is 0.114 e. The van der Waals surface area contributed by atoms with Crippen LogP contribution in [0.25, 0.3) is 0 Å². The highest BCUT2D eigenvalue weighted by atomic mass is 32.1. The van der Waals surface area contributed by atoms with Gasteiger partial charge in [0.15, 0.2) is 0 Å². The molecule has 2 aliphatic carbocycles. The summed E-state index contributed by atoms with van der Waals surface area (Å²) < 4.78 is 0. The molecule has 2 atom stereocenters. The fourth-order valence-corrected chi connectivity index (χ4v) is 5.16. The zero-order valence-electron chi connectivity index (χ0n) is 11.6. The number of nitrogens with one attached hydrogen (secondary N) is 1. The number of hydrogen-bond acceptors (Lipinski definition) is 3. The molecule has 3 rings (SSSR count). The Kier molecular flexibility index (Phi) is 3.46. The van der Waals surface area contributed by atoms with E-state index in [9.17, 15) is 0 Å². The van der Waals surface area contributed by atoms with Gasteiger partial charge in [0, 0.05) is 4.88 Å². The second-order valence-electron chi connectivity index (χ2n) is 5.89. The van der Waals surface area contributed by atoms with E-state index < -0.39 is 0 Å². The molecule has 1 N–H and O–H groups in total. The van der Waals surface area contributed by atoms with Gasteiger partial charge in [0.1, 0.15) is 5.01 Å². The normalized spacial score (nSPS) is 31.6. The molecule has 1 aromatic heterocycles. The highest BCUT2D eigenvalue weighted by molar-refractivity contribution is 7.12. The first-order valence-corrected chi connectivity index (χ1v) is 8.32. The summed E-state index contributed by atoms with van der Waals surface area (Å²) in [6.07, 6.45) is 9.15. The molecular weight excluding hydrogens is 240 g/mol. The molecule has 0 radical (unpaired) electrons. The van der Waals surface area contributed by atoms with Gasteiger partial charge in [-0.05, 0) is 44.6 Å². The van der Waals surface area contributed by atoms with Crippen molar-refractivity contribution < 1.29 is 0 Å². The fraction of sp³-hybridized carbons (Fsp3) is 0.800. The van der Waals surface area contributed by atoms with E-state index in [0.717, 1.165) is 12.5 Å². The lowest BCUT2D eigenvalue weighted by Gasteiger charge is -2.42. The summed E-state index contributed by atoms with van der Waals surface area (Å²) in [7, 11) is 0. The first-order valence-electron chi connectivity index (χ1n) is 7.50. The molecule has 100 valence electrons. The van der Waals surface area contributed by atoms with E-state index in [4.69, 9.17) is 4.98 Å². The van der Waals surface area contributed by atoms with Gasteiger partial charge in [-0.15, -0.1) is 11.3 Å². The lowest BCUT2D eigenvalue weighted by Crippen LogP contribution is -2.49. The molecular formula is C15H24N2S. The van der Waals surface area contributed by atoms with Crippen LogP contribution in [0.4, 0.5) is 0 Å². The van der Waals surface area contributed by atoms with Crippen molar-refractivity contribution in [1.29, 1.82) is 0 Å². The molecule has 0 saturated heterocycles. The Balaban J connectivity index is 1.96. The highest BCUT2D eigenvalue weighted by Gasteiger charge is 2.42. The van der Waals surface area contributed by atoms with Gasteiger partial charge in [-0.25, -0.2) is 4.98 Å². The van der Waals surface area contributed by atoms with Gasteiger partial charge >= 0.3 is 0 Å². The second kappa shape index (κ2) is 4.93. The van der Waals surface area contributed by atoms with E-state index in [-0.39, 0.29) is 5.54 Å².